The summed E-state index contributed by atoms with van der Waals surface area (Å²) in [6, 6.07) is 0. The first kappa shape index (κ1) is 11.3. The topological polar surface area (TPSA) is 60.2 Å². The van der Waals surface area contributed by atoms with Crippen molar-refractivity contribution in [2.75, 3.05) is 6.61 Å². The standard InChI is InChI=1S/C11H17N3O2/c1-8(2)6-14-11(9(7-15)12-13-14)10-4-3-5-16-10/h10,15H,1,3-7H2,2H3. The molecule has 0 aromatic carbocycles. The summed E-state index contributed by atoms with van der Waals surface area (Å²) in [5.41, 5.74) is 2.53. The lowest BCUT2D eigenvalue weighted by Crippen LogP contribution is -2.11. The molecule has 0 saturated carbocycles. The van der Waals surface area contributed by atoms with Crippen LogP contribution in [0.3, 0.4) is 0 Å². The molecule has 0 aliphatic carbocycles. The summed E-state index contributed by atoms with van der Waals surface area (Å²) in [6.07, 6.45) is 2.04. The number of ether oxygens (including phenoxy) is 1. The molecule has 0 amide bonds. The summed E-state index contributed by atoms with van der Waals surface area (Å²) < 4.78 is 7.40. The minimum absolute atomic E-state index is 0.0245. The van der Waals surface area contributed by atoms with E-state index in [2.05, 4.69) is 16.9 Å². The molecule has 1 aliphatic heterocycles. The molecule has 1 fully saturated rings. The van der Waals surface area contributed by atoms with E-state index in [1.807, 2.05) is 6.92 Å². The fourth-order valence-corrected chi connectivity index (χ4v) is 1.99. The summed E-state index contributed by atoms with van der Waals surface area (Å²) >= 11 is 0. The predicted octanol–water partition coefficient (Wildman–Crippen LogP) is 1.20. The van der Waals surface area contributed by atoms with Gasteiger partial charge in [0.25, 0.3) is 0 Å². The number of allylic oxidation sites excluding steroid dienone is 1. The molecule has 16 heavy (non-hydrogen) atoms. The average molecular weight is 223 g/mol. The Bertz CT molecular complexity index is 381. The fourth-order valence-electron chi connectivity index (χ4n) is 1.99. The van der Waals surface area contributed by atoms with Gasteiger partial charge in [-0.05, 0) is 19.8 Å². The molecular weight excluding hydrogens is 206 g/mol. The second-order valence-electron chi connectivity index (χ2n) is 4.20. The van der Waals surface area contributed by atoms with Gasteiger partial charge in [0.1, 0.15) is 11.8 Å². The van der Waals surface area contributed by atoms with Gasteiger partial charge in [-0.3, -0.25) is 0 Å². The zero-order valence-electron chi connectivity index (χ0n) is 9.52. The number of hydrogen-bond acceptors (Lipinski definition) is 4. The highest BCUT2D eigenvalue weighted by molar-refractivity contribution is 5.14. The number of aliphatic hydroxyl groups is 1. The van der Waals surface area contributed by atoms with Crippen molar-refractivity contribution in [3.05, 3.63) is 23.5 Å². The second kappa shape index (κ2) is 4.76. The molecule has 1 aromatic rings. The van der Waals surface area contributed by atoms with Crippen molar-refractivity contribution >= 4 is 0 Å². The van der Waals surface area contributed by atoms with Gasteiger partial charge in [0.2, 0.25) is 0 Å². The molecule has 0 radical (unpaired) electrons. The fraction of sp³-hybridized carbons (Fsp3) is 0.636. The van der Waals surface area contributed by atoms with Crippen molar-refractivity contribution in [2.45, 2.75) is 39.0 Å². The maximum absolute atomic E-state index is 9.23. The Labute approximate surface area is 94.7 Å². The monoisotopic (exact) mass is 223 g/mol. The highest BCUT2D eigenvalue weighted by Gasteiger charge is 2.26. The lowest BCUT2D eigenvalue weighted by atomic mass is 10.1. The van der Waals surface area contributed by atoms with E-state index < -0.39 is 0 Å². The molecule has 0 spiro atoms. The zero-order chi connectivity index (χ0) is 11.5. The van der Waals surface area contributed by atoms with Crippen LogP contribution in [0.1, 0.15) is 37.3 Å². The van der Waals surface area contributed by atoms with Gasteiger partial charge in [-0.15, -0.1) is 5.10 Å². The summed E-state index contributed by atoms with van der Waals surface area (Å²) in [6.45, 7) is 7.11. The minimum Gasteiger partial charge on any atom is -0.390 e. The van der Waals surface area contributed by atoms with Crippen LogP contribution in [0.4, 0.5) is 0 Å². The molecule has 1 saturated heterocycles. The van der Waals surface area contributed by atoms with Crippen LogP contribution in [-0.2, 0) is 17.9 Å². The Hall–Kier alpha value is -1.20. The summed E-state index contributed by atoms with van der Waals surface area (Å²) in [4.78, 5) is 0. The van der Waals surface area contributed by atoms with Crippen molar-refractivity contribution < 1.29 is 9.84 Å². The first-order chi connectivity index (χ1) is 7.72. The third kappa shape index (κ3) is 2.15. The molecule has 5 nitrogen and oxygen atoms in total. The van der Waals surface area contributed by atoms with E-state index in [4.69, 9.17) is 4.74 Å². The van der Waals surface area contributed by atoms with E-state index in [0.717, 1.165) is 30.7 Å². The third-order valence-corrected chi connectivity index (χ3v) is 2.65. The molecule has 1 atom stereocenters. The van der Waals surface area contributed by atoms with Gasteiger partial charge < -0.3 is 9.84 Å². The molecule has 0 bridgehead atoms. The molecule has 1 aliphatic rings. The van der Waals surface area contributed by atoms with E-state index in [9.17, 15) is 5.11 Å². The van der Waals surface area contributed by atoms with Crippen LogP contribution in [0.2, 0.25) is 0 Å². The van der Waals surface area contributed by atoms with Crippen LogP contribution in [0, 0.1) is 0 Å². The van der Waals surface area contributed by atoms with Gasteiger partial charge in [0.05, 0.1) is 18.8 Å². The SMILES string of the molecule is C=C(C)Cn1nnc(CO)c1C1CCCO1. The van der Waals surface area contributed by atoms with E-state index in [-0.39, 0.29) is 12.7 Å². The first-order valence-electron chi connectivity index (χ1n) is 5.51. The number of aromatic nitrogens is 3. The quantitative estimate of drug-likeness (QED) is 0.779. The van der Waals surface area contributed by atoms with Crippen LogP contribution in [0.15, 0.2) is 12.2 Å². The number of rotatable bonds is 4. The van der Waals surface area contributed by atoms with E-state index >= 15 is 0 Å². The second-order valence-corrected chi connectivity index (χ2v) is 4.20. The van der Waals surface area contributed by atoms with Crippen LogP contribution in [0.5, 0.6) is 0 Å². The van der Waals surface area contributed by atoms with Crippen molar-refractivity contribution in [1.29, 1.82) is 0 Å². The zero-order valence-corrected chi connectivity index (χ0v) is 9.52. The predicted molar refractivity (Wildman–Crippen MR) is 58.7 cm³/mol. The van der Waals surface area contributed by atoms with Crippen molar-refractivity contribution in [3.63, 3.8) is 0 Å². The van der Waals surface area contributed by atoms with E-state index in [1.54, 1.807) is 4.68 Å². The average Bonchev–Trinajstić information content (AvgIpc) is 2.84. The van der Waals surface area contributed by atoms with Gasteiger partial charge >= 0.3 is 0 Å². The maximum atomic E-state index is 9.23. The third-order valence-electron chi connectivity index (χ3n) is 2.65. The van der Waals surface area contributed by atoms with Crippen LogP contribution >= 0.6 is 0 Å². The van der Waals surface area contributed by atoms with Crippen LogP contribution < -0.4 is 0 Å². The first-order valence-corrected chi connectivity index (χ1v) is 5.51. The van der Waals surface area contributed by atoms with Crippen molar-refractivity contribution in [2.24, 2.45) is 0 Å². The smallest absolute Gasteiger partial charge is 0.114 e. The Morgan fingerprint density at radius 1 is 1.69 bits per heavy atom. The van der Waals surface area contributed by atoms with Gasteiger partial charge in [-0.1, -0.05) is 17.4 Å². The maximum Gasteiger partial charge on any atom is 0.114 e. The van der Waals surface area contributed by atoms with E-state index in [0.29, 0.717) is 12.2 Å². The van der Waals surface area contributed by atoms with Crippen LogP contribution in [0.25, 0.3) is 0 Å². The molecule has 1 unspecified atom stereocenters. The Kier molecular flexibility index (Phi) is 3.36. The molecule has 2 heterocycles. The van der Waals surface area contributed by atoms with Gasteiger partial charge in [0.15, 0.2) is 0 Å². The summed E-state index contributed by atoms with van der Waals surface area (Å²) in [5, 5.41) is 17.2. The van der Waals surface area contributed by atoms with E-state index in [1.165, 1.54) is 0 Å². The number of aliphatic hydroxyl groups excluding tert-OH is 1. The Morgan fingerprint density at radius 3 is 3.06 bits per heavy atom. The van der Waals surface area contributed by atoms with Crippen LogP contribution in [-0.4, -0.2) is 26.7 Å². The molecule has 1 aromatic heterocycles. The van der Waals surface area contributed by atoms with Gasteiger partial charge in [-0.2, -0.15) is 0 Å². The normalized spacial score (nSPS) is 20.2. The number of nitrogens with zero attached hydrogens (tertiary/aromatic N) is 3. The minimum atomic E-state index is -0.0919. The molecule has 1 N–H and O–H groups in total. The lowest BCUT2D eigenvalue weighted by Gasteiger charge is -2.13. The highest BCUT2D eigenvalue weighted by Crippen LogP contribution is 2.30. The van der Waals surface area contributed by atoms with Gasteiger partial charge in [-0.25, -0.2) is 4.68 Å². The van der Waals surface area contributed by atoms with Crippen molar-refractivity contribution in [3.8, 4) is 0 Å². The summed E-state index contributed by atoms with van der Waals surface area (Å²) in [5.74, 6) is 0. The molecule has 2 rings (SSSR count). The highest BCUT2D eigenvalue weighted by atomic mass is 16.5. The largest absolute Gasteiger partial charge is 0.390 e. The Balaban J connectivity index is 2.29. The molecular formula is C11H17N3O2. The lowest BCUT2D eigenvalue weighted by molar-refractivity contribution is 0.102. The van der Waals surface area contributed by atoms with Crippen molar-refractivity contribution in [1.82, 2.24) is 15.0 Å². The number of hydrogen-bond donors (Lipinski definition) is 1. The Morgan fingerprint density at radius 2 is 2.50 bits per heavy atom. The molecule has 5 heteroatoms. The summed E-state index contributed by atoms with van der Waals surface area (Å²) in [7, 11) is 0. The molecule has 88 valence electrons. The van der Waals surface area contributed by atoms with Gasteiger partial charge in [0, 0.05) is 6.61 Å².